The van der Waals surface area contributed by atoms with Crippen LogP contribution in [-0.2, 0) is 4.79 Å². The van der Waals surface area contributed by atoms with E-state index >= 15 is 0 Å². The zero-order valence-corrected chi connectivity index (χ0v) is 18.3. The van der Waals surface area contributed by atoms with Crippen molar-refractivity contribution in [2.75, 3.05) is 19.0 Å². The summed E-state index contributed by atoms with van der Waals surface area (Å²) in [5.74, 6) is 0.322. The van der Waals surface area contributed by atoms with Crippen LogP contribution < -0.4 is 20.1 Å². The van der Waals surface area contributed by atoms with Gasteiger partial charge in [-0.3, -0.25) is 9.59 Å². The van der Waals surface area contributed by atoms with Gasteiger partial charge in [-0.05, 0) is 67.4 Å². The minimum atomic E-state index is -0.436. The highest BCUT2D eigenvalue weighted by molar-refractivity contribution is 6.10. The standard InChI is InChI=1S/C26H26N2O4/c1-4-32-24-17-19(13-14-23(24)31-3)16-22(28-25(29)20-10-6-5-7-11-20)26(30)27-21-12-8-9-18(2)15-21/h5-17H,4H2,1-3H3,(H,27,30)(H,28,29). The quantitative estimate of drug-likeness (QED) is 0.503. The third kappa shape index (κ3) is 5.98. The molecule has 3 rings (SSSR count). The number of carbonyl (C=O) groups is 2. The highest BCUT2D eigenvalue weighted by atomic mass is 16.5. The van der Waals surface area contributed by atoms with Crippen LogP contribution in [0.4, 0.5) is 5.69 Å². The zero-order valence-electron chi connectivity index (χ0n) is 18.3. The van der Waals surface area contributed by atoms with Crippen LogP contribution in [0.5, 0.6) is 11.5 Å². The van der Waals surface area contributed by atoms with Gasteiger partial charge in [-0.2, -0.15) is 0 Å². The van der Waals surface area contributed by atoms with Crippen molar-refractivity contribution in [1.82, 2.24) is 5.32 Å². The van der Waals surface area contributed by atoms with Crippen LogP contribution in [0, 0.1) is 6.92 Å². The van der Waals surface area contributed by atoms with Gasteiger partial charge < -0.3 is 20.1 Å². The highest BCUT2D eigenvalue weighted by Gasteiger charge is 2.16. The van der Waals surface area contributed by atoms with Crippen LogP contribution in [0.1, 0.15) is 28.4 Å². The number of carbonyl (C=O) groups excluding carboxylic acids is 2. The van der Waals surface area contributed by atoms with Crippen LogP contribution >= 0.6 is 0 Å². The molecule has 0 aliphatic rings. The number of benzene rings is 3. The van der Waals surface area contributed by atoms with Crippen molar-refractivity contribution in [3.05, 3.63) is 95.2 Å². The molecule has 0 radical (unpaired) electrons. The molecule has 0 atom stereocenters. The molecule has 0 aliphatic heterocycles. The normalized spacial score (nSPS) is 10.9. The molecule has 0 aliphatic carbocycles. The molecule has 3 aromatic carbocycles. The Morgan fingerprint density at radius 1 is 0.938 bits per heavy atom. The Balaban J connectivity index is 1.94. The minimum absolute atomic E-state index is 0.105. The number of anilines is 1. The number of amides is 2. The Labute approximate surface area is 187 Å². The maximum atomic E-state index is 13.1. The third-order valence-corrected chi connectivity index (χ3v) is 4.60. The Morgan fingerprint density at radius 3 is 2.41 bits per heavy atom. The van der Waals surface area contributed by atoms with Crippen LogP contribution in [0.15, 0.2) is 78.5 Å². The second kappa shape index (κ2) is 10.8. The molecule has 0 aromatic heterocycles. The second-order valence-electron chi connectivity index (χ2n) is 7.05. The number of rotatable bonds is 8. The number of ether oxygens (including phenoxy) is 2. The zero-order chi connectivity index (χ0) is 22.9. The lowest BCUT2D eigenvalue weighted by Gasteiger charge is -2.13. The second-order valence-corrected chi connectivity index (χ2v) is 7.05. The molecule has 6 nitrogen and oxygen atoms in total. The molecule has 0 saturated carbocycles. The lowest BCUT2D eigenvalue weighted by atomic mass is 10.1. The van der Waals surface area contributed by atoms with Gasteiger partial charge in [-0.15, -0.1) is 0 Å². The molecule has 0 spiro atoms. The molecule has 0 fully saturated rings. The molecular weight excluding hydrogens is 404 g/mol. The van der Waals surface area contributed by atoms with Crippen molar-refractivity contribution >= 4 is 23.6 Å². The smallest absolute Gasteiger partial charge is 0.272 e. The first kappa shape index (κ1) is 22.6. The summed E-state index contributed by atoms with van der Waals surface area (Å²) < 4.78 is 11.0. The van der Waals surface area contributed by atoms with Crippen LogP contribution in [0.2, 0.25) is 0 Å². The fourth-order valence-corrected chi connectivity index (χ4v) is 3.08. The van der Waals surface area contributed by atoms with E-state index < -0.39 is 5.91 Å². The number of hydrogen-bond acceptors (Lipinski definition) is 4. The number of hydrogen-bond donors (Lipinski definition) is 2. The molecule has 2 N–H and O–H groups in total. The lowest BCUT2D eigenvalue weighted by molar-refractivity contribution is -0.113. The van der Waals surface area contributed by atoms with E-state index in [0.29, 0.717) is 34.9 Å². The topological polar surface area (TPSA) is 76.7 Å². The van der Waals surface area contributed by atoms with E-state index in [1.807, 2.05) is 38.1 Å². The van der Waals surface area contributed by atoms with E-state index in [4.69, 9.17) is 9.47 Å². The van der Waals surface area contributed by atoms with E-state index in [9.17, 15) is 9.59 Å². The fraction of sp³-hybridized carbons (Fsp3) is 0.154. The molecule has 32 heavy (non-hydrogen) atoms. The van der Waals surface area contributed by atoms with Crippen molar-refractivity contribution in [2.45, 2.75) is 13.8 Å². The predicted octanol–water partition coefficient (Wildman–Crippen LogP) is 4.81. The maximum Gasteiger partial charge on any atom is 0.272 e. The van der Waals surface area contributed by atoms with Crippen LogP contribution in [-0.4, -0.2) is 25.5 Å². The summed E-state index contributed by atoms with van der Waals surface area (Å²) >= 11 is 0. The van der Waals surface area contributed by atoms with E-state index in [0.717, 1.165) is 5.56 Å². The summed E-state index contributed by atoms with van der Waals surface area (Å²) in [6.45, 7) is 4.29. The number of nitrogens with one attached hydrogen (secondary N) is 2. The van der Waals surface area contributed by atoms with Gasteiger partial charge in [-0.1, -0.05) is 36.4 Å². The van der Waals surface area contributed by atoms with Gasteiger partial charge in [0.05, 0.1) is 13.7 Å². The van der Waals surface area contributed by atoms with Gasteiger partial charge >= 0.3 is 0 Å². The van der Waals surface area contributed by atoms with Crippen molar-refractivity contribution in [1.29, 1.82) is 0 Å². The first-order valence-corrected chi connectivity index (χ1v) is 10.3. The van der Waals surface area contributed by atoms with Crippen molar-refractivity contribution in [3.8, 4) is 11.5 Å². The summed E-state index contributed by atoms with van der Waals surface area (Å²) in [7, 11) is 1.56. The third-order valence-electron chi connectivity index (χ3n) is 4.60. The summed E-state index contributed by atoms with van der Waals surface area (Å²) in [6, 6.07) is 21.5. The average Bonchev–Trinajstić information content (AvgIpc) is 2.79. The maximum absolute atomic E-state index is 13.1. The Kier molecular flexibility index (Phi) is 7.65. The Hall–Kier alpha value is -4.06. The van der Waals surface area contributed by atoms with E-state index in [1.165, 1.54) is 0 Å². The molecule has 3 aromatic rings. The van der Waals surface area contributed by atoms with E-state index in [2.05, 4.69) is 10.6 Å². The molecule has 0 heterocycles. The molecule has 0 saturated heterocycles. The summed E-state index contributed by atoms with van der Waals surface area (Å²) in [6.07, 6.45) is 1.61. The largest absolute Gasteiger partial charge is 0.493 e. The van der Waals surface area contributed by atoms with Gasteiger partial charge in [0.15, 0.2) is 11.5 Å². The van der Waals surface area contributed by atoms with Gasteiger partial charge in [-0.25, -0.2) is 0 Å². The summed E-state index contributed by atoms with van der Waals surface area (Å²) in [5.41, 5.74) is 2.88. The Morgan fingerprint density at radius 2 is 1.72 bits per heavy atom. The van der Waals surface area contributed by atoms with Crippen molar-refractivity contribution in [2.24, 2.45) is 0 Å². The minimum Gasteiger partial charge on any atom is -0.493 e. The van der Waals surface area contributed by atoms with E-state index in [-0.39, 0.29) is 11.6 Å². The highest BCUT2D eigenvalue weighted by Crippen LogP contribution is 2.29. The van der Waals surface area contributed by atoms with Crippen molar-refractivity contribution < 1.29 is 19.1 Å². The number of aryl methyl sites for hydroxylation is 1. The summed E-state index contributed by atoms with van der Waals surface area (Å²) in [4.78, 5) is 25.8. The molecule has 6 heteroatoms. The number of methoxy groups -OCH3 is 1. The van der Waals surface area contributed by atoms with Crippen molar-refractivity contribution in [3.63, 3.8) is 0 Å². The SMILES string of the molecule is CCOc1cc(C=C(NC(=O)c2ccccc2)C(=O)Nc2cccc(C)c2)ccc1OC. The molecular formula is C26H26N2O4. The van der Waals surface area contributed by atoms with E-state index in [1.54, 1.807) is 61.7 Å². The van der Waals surface area contributed by atoms with Crippen LogP contribution in [0.3, 0.4) is 0 Å². The lowest BCUT2D eigenvalue weighted by Crippen LogP contribution is -2.30. The first-order valence-electron chi connectivity index (χ1n) is 10.3. The molecule has 0 unspecified atom stereocenters. The van der Waals surface area contributed by atoms with Gasteiger partial charge in [0, 0.05) is 11.3 Å². The van der Waals surface area contributed by atoms with Gasteiger partial charge in [0.25, 0.3) is 11.8 Å². The predicted molar refractivity (Wildman–Crippen MR) is 126 cm³/mol. The Bertz CT molecular complexity index is 1120. The van der Waals surface area contributed by atoms with Gasteiger partial charge in [0.2, 0.25) is 0 Å². The molecule has 0 bridgehead atoms. The van der Waals surface area contributed by atoms with Gasteiger partial charge in [0.1, 0.15) is 5.70 Å². The monoisotopic (exact) mass is 430 g/mol. The average molecular weight is 431 g/mol. The first-order chi connectivity index (χ1) is 15.5. The molecule has 164 valence electrons. The molecule has 2 amide bonds. The fourth-order valence-electron chi connectivity index (χ4n) is 3.08. The van der Waals surface area contributed by atoms with Crippen LogP contribution in [0.25, 0.3) is 6.08 Å². The summed E-state index contributed by atoms with van der Waals surface area (Å²) in [5, 5.41) is 5.58.